The van der Waals surface area contributed by atoms with Crippen LogP contribution in [0.3, 0.4) is 0 Å². The van der Waals surface area contributed by atoms with Gasteiger partial charge in [-0.25, -0.2) is 9.59 Å². The van der Waals surface area contributed by atoms with Crippen molar-refractivity contribution in [1.29, 1.82) is 0 Å². The number of nitrogens with one attached hydrogen (secondary N) is 2. The van der Waals surface area contributed by atoms with Crippen molar-refractivity contribution in [2.45, 2.75) is 6.42 Å². The van der Waals surface area contributed by atoms with Crippen LogP contribution in [0.1, 0.15) is 16.8 Å². The molecule has 0 aliphatic carbocycles. The number of amides is 2. The van der Waals surface area contributed by atoms with Crippen LogP contribution in [-0.2, 0) is 0 Å². The number of aromatic hydroxyl groups is 1. The Hall–Kier alpha value is -1.89. The lowest BCUT2D eigenvalue weighted by Gasteiger charge is -2.12. The van der Waals surface area contributed by atoms with Crippen molar-refractivity contribution in [3.63, 3.8) is 0 Å². The van der Waals surface area contributed by atoms with Gasteiger partial charge in [-0.15, -0.1) is 0 Å². The molecule has 1 aliphatic heterocycles. The lowest BCUT2D eigenvalue weighted by Crippen LogP contribution is -2.33. The van der Waals surface area contributed by atoms with Gasteiger partial charge in [0.1, 0.15) is 5.75 Å². The number of aromatic carboxylic acids is 1. The van der Waals surface area contributed by atoms with Crippen LogP contribution in [0.15, 0.2) is 18.2 Å². The van der Waals surface area contributed by atoms with E-state index in [0.717, 1.165) is 24.0 Å². The number of benzene rings is 1. The molecule has 0 bridgehead atoms. The maximum Gasteiger partial charge on any atom is 0.337 e. The summed E-state index contributed by atoms with van der Waals surface area (Å²) in [7, 11) is 0. The SMILES string of the molecule is O=C(NCC1CCSC1)Nc1ccc(O)cc1C(=O)O. The molecule has 1 atom stereocenters. The number of hydrogen-bond donors (Lipinski definition) is 4. The third-order valence-electron chi connectivity index (χ3n) is 3.06. The predicted octanol–water partition coefficient (Wildman–Crippen LogP) is 1.96. The van der Waals surface area contributed by atoms with E-state index in [9.17, 15) is 14.7 Å². The minimum atomic E-state index is -1.21. The molecular weight excluding hydrogens is 280 g/mol. The van der Waals surface area contributed by atoms with E-state index in [2.05, 4.69) is 10.6 Å². The Morgan fingerprint density at radius 3 is 2.85 bits per heavy atom. The number of carboxylic acid groups (broad SMARTS) is 1. The van der Waals surface area contributed by atoms with Crippen LogP contribution in [0.25, 0.3) is 0 Å². The Bertz CT molecular complexity index is 515. The van der Waals surface area contributed by atoms with Gasteiger partial charge in [0, 0.05) is 6.54 Å². The number of rotatable bonds is 4. The number of thioether (sulfide) groups is 1. The Kier molecular flexibility index (Phi) is 4.73. The highest BCUT2D eigenvalue weighted by atomic mass is 32.2. The Morgan fingerprint density at radius 1 is 1.40 bits per heavy atom. The van der Waals surface area contributed by atoms with E-state index in [0.29, 0.717) is 12.5 Å². The summed E-state index contributed by atoms with van der Waals surface area (Å²) >= 11 is 1.87. The molecule has 1 heterocycles. The van der Waals surface area contributed by atoms with Gasteiger partial charge in [-0.1, -0.05) is 0 Å². The quantitative estimate of drug-likeness (QED) is 0.637. The average Bonchev–Trinajstić information content (AvgIpc) is 2.91. The zero-order valence-electron chi connectivity index (χ0n) is 10.8. The summed E-state index contributed by atoms with van der Waals surface area (Å²) in [6.45, 7) is 0.583. The summed E-state index contributed by atoms with van der Waals surface area (Å²) in [6.07, 6.45) is 1.09. The normalized spacial score (nSPS) is 17.7. The molecule has 7 heteroatoms. The Morgan fingerprint density at radius 2 is 2.20 bits per heavy atom. The molecule has 1 fully saturated rings. The van der Waals surface area contributed by atoms with Gasteiger partial charge < -0.3 is 20.8 Å². The minimum absolute atomic E-state index is 0.142. The second-order valence-corrected chi connectivity index (χ2v) is 5.75. The molecule has 0 radical (unpaired) electrons. The van der Waals surface area contributed by atoms with E-state index in [1.54, 1.807) is 0 Å². The predicted molar refractivity (Wildman–Crippen MR) is 77.5 cm³/mol. The zero-order chi connectivity index (χ0) is 14.5. The molecule has 0 aromatic heterocycles. The second kappa shape index (κ2) is 6.51. The van der Waals surface area contributed by atoms with E-state index in [4.69, 9.17) is 5.11 Å². The van der Waals surface area contributed by atoms with Gasteiger partial charge in [-0.05, 0) is 42.0 Å². The van der Waals surface area contributed by atoms with Gasteiger partial charge in [0.15, 0.2) is 0 Å². The summed E-state index contributed by atoms with van der Waals surface area (Å²) in [5, 5.41) is 23.5. The zero-order valence-corrected chi connectivity index (χ0v) is 11.6. The summed E-state index contributed by atoms with van der Waals surface area (Å²) in [5.41, 5.74) is 0.0187. The molecule has 0 spiro atoms. The molecule has 1 saturated heterocycles. The number of hydrogen-bond acceptors (Lipinski definition) is 4. The van der Waals surface area contributed by atoms with Crippen molar-refractivity contribution in [2.24, 2.45) is 5.92 Å². The van der Waals surface area contributed by atoms with Gasteiger partial charge in [0.2, 0.25) is 0 Å². The molecule has 1 aromatic rings. The molecule has 4 N–H and O–H groups in total. The van der Waals surface area contributed by atoms with Gasteiger partial charge in [-0.3, -0.25) is 0 Å². The molecule has 1 unspecified atom stereocenters. The third kappa shape index (κ3) is 3.80. The smallest absolute Gasteiger partial charge is 0.337 e. The van der Waals surface area contributed by atoms with Crippen molar-refractivity contribution < 1.29 is 19.8 Å². The first-order valence-electron chi connectivity index (χ1n) is 6.25. The van der Waals surface area contributed by atoms with E-state index < -0.39 is 12.0 Å². The molecular formula is C13H16N2O4S. The minimum Gasteiger partial charge on any atom is -0.508 e. The number of phenols is 1. The largest absolute Gasteiger partial charge is 0.508 e. The molecule has 0 saturated carbocycles. The molecule has 1 aromatic carbocycles. The monoisotopic (exact) mass is 296 g/mol. The van der Waals surface area contributed by atoms with E-state index in [1.165, 1.54) is 12.1 Å². The average molecular weight is 296 g/mol. The number of carbonyl (C=O) groups excluding carboxylic acids is 1. The summed E-state index contributed by atoms with van der Waals surface area (Å²) in [4.78, 5) is 22.8. The third-order valence-corrected chi connectivity index (χ3v) is 4.29. The molecule has 2 rings (SSSR count). The standard InChI is InChI=1S/C13H16N2O4S/c16-9-1-2-11(10(5-9)12(17)18)15-13(19)14-6-8-3-4-20-7-8/h1-2,5,8,16H,3-4,6-7H2,(H,17,18)(H2,14,15,19). The number of anilines is 1. The topological polar surface area (TPSA) is 98.7 Å². The number of urea groups is 1. The van der Waals surface area contributed by atoms with Crippen LogP contribution in [0, 0.1) is 5.92 Å². The summed E-state index contributed by atoms with van der Waals surface area (Å²) < 4.78 is 0. The molecule has 6 nitrogen and oxygen atoms in total. The molecule has 2 amide bonds. The molecule has 1 aliphatic rings. The van der Waals surface area contributed by atoms with Crippen molar-refractivity contribution >= 4 is 29.4 Å². The first-order chi connectivity index (χ1) is 9.56. The fraction of sp³-hybridized carbons (Fsp3) is 0.385. The highest BCUT2D eigenvalue weighted by molar-refractivity contribution is 7.99. The summed E-state index contributed by atoms with van der Waals surface area (Å²) in [6, 6.07) is 3.36. The van der Waals surface area contributed by atoms with E-state index in [-0.39, 0.29) is 17.0 Å². The van der Waals surface area contributed by atoms with Gasteiger partial charge in [-0.2, -0.15) is 11.8 Å². The highest BCUT2D eigenvalue weighted by Crippen LogP contribution is 2.23. The highest BCUT2D eigenvalue weighted by Gasteiger charge is 2.17. The number of phenolic OH excluding ortho intramolecular Hbond substituents is 1. The molecule has 20 heavy (non-hydrogen) atoms. The number of carbonyl (C=O) groups is 2. The lowest BCUT2D eigenvalue weighted by atomic mass is 10.1. The maximum absolute atomic E-state index is 11.7. The fourth-order valence-electron chi connectivity index (χ4n) is 1.97. The Balaban J connectivity index is 1.94. The van der Waals surface area contributed by atoms with Crippen LogP contribution < -0.4 is 10.6 Å². The summed E-state index contributed by atoms with van der Waals surface area (Å²) in [5.74, 6) is 1.28. The van der Waals surface area contributed by atoms with Gasteiger partial charge in [0.05, 0.1) is 11.3 Å². The first-order valence-corrected chi connectivity index (χ1v) is 7.40. The van der Waals surface area contributed by atoms with Crippen molar-refractivity contribution in [1.82, 2.24) is 5.32 Å². The van der Waals surface area contributed by atoms with Crippen LogP contribution in [-0.4, -0.2) is 40.3 Å². The maximum atomic E-state index is 11.7. The van der Waals surface area contributed by atoms with Crippen molar-refractivity contribution in [3.8, 4) is 5.75 Å². The molecule has 108 valence electrons. The second-order valence-electron chi connectivity index (χ2n) is 4.60. The van der Waals surface area contributed by atoms with Crippen LogP contribution in [0.2, 0.25) is 0 Å². The lowest BCUT2D eigenvalue weighted by molar-refractivity contribution is 0.0697. The Labute approximate surface area is 120 Å². The number of carboxylic acids is 1. The van der Waals surface area contributed by atoms with Crippen LogP contribution in [0.5, 0.6) is 5.75 Å². The fourth-order valence-corrected chi connectivity index (χ4v) is 3.25. The van der Waals surface area contributed by atoms with Gasteiger partial charge in [0.25, 0.3) is 0 Å². The van der Waals surface area contributed by atoms with Crippen molar-refractivity contribution in [3.05, 3.63) is 23.8 Å². The van der Waals surface area contributed by atoms with Crippen LogP contribution in [0.4, 0.5) is 10.5 Å². The van der Waals surface area contributed by atoms with Crippen molar-refractivity contribution in [2.75, 3.05) is 23.4 Å². The first kappa shape index (κ1) is 14.5. The van der Waals surface area contributed by atoms with E-state index >= 15 is 0 Å². The van der Waals surface area contributed by atoms with Gasteiger partial charge >= 0.3 is 12.0 Å². The van der Waals surface area contributed by atoms with Crippen LogP contribution >= 0.6 is 11.8 Å². The van der Waals surface area contributed by atoms with E-state index in [1.807, 2.05) is 11.8 Å².